The predicted molar refractivity (Wildman–Crippen MR) is 93.6 cm³/mol. The third kappa shape index (κ3) is 3.64. The zero-order valence-corrected chi connectivity index (χ0v) is 14.0. The normalized spacial score (nSPS) is 15.2. The Bertz CT molecular complexity index is 694. The van der Waals surface area contributed by atoms with E-state index in [9.17, 15) is 4.79 Å². The van der Waals surface area contributed by atoms with E-state index < -0.39 is 0 Å². The summed E-state index contributed by atoms with van der Waals surface area (Å²) in [5.41, 5.74) is 0.899. The second kappa shape index (κ2) is 7.29. The number of para-hydroxylation sites is 2. The Hall–Kier alpha value is -2.63. The van der Waals surface area contributed by atoms with E-state index in [1.807, 2.05) is 18.2 Å². The Balaban J connectivity index is 1.68. The van der Waals surface area contributed by atoms with E-state index >= 15 is 0 Å². The monoisotopic (exact) mass is 326 g/mol. The van der Waals surface area contributed by atoms with Gasteiger partial charge in [-0.15, -0.1) is 10.2 Å². The fourth-order valence-corrected chi connectivity index (χ4v) is 2.79. The molecular weight excluding hydrogens is 304 g/mol. The average molecular weight is 326 g/mol. The highest BCUT2D eigenvalue weighted by atomic mass is 16.5. The smallest absolute Gasteiger partial charge is 0.276 e. The lowest BCUT2D eigenvalue weighted by atomic mass is 9.99. The quantitative estimate of drug-likeness (QED) is 0.935. The van der Waals surface area contributed by atoms with Crippen molar-refractivity contribution in [2.75, 3.05) is 30.4 Å². The number of rotatable bonds is 4. The van der Waals surface area contributed by atoms with Crippen LogP contribution in [0.5, 0.6) is 5.75 Å². The van der Waals surface area contributed by atoms with Crippen molar-refractivity contribution in [1.82, 2.24) is 10.2 Å². The van der Waals surface area contributed by atoms with Gasteiger partial charge in [-0.05, 0) is 43.0 Å². The van der Waals surface area contributed by atoms with Crippen LogP contribution in [0.4, 0.5) is 11.5 Å². The van der Waals surface area contributed by atoms with Gasteiger partial charge in [-0.25, -0.2) is 0 Å². The number of methoxy groups -OCH3 is 1. The number of piperidine rings is 1. The number of benzene rings is 1. The van der Waals surface area contributed by atoms with Crippen LogP contribution in [-0.2, 0) is 0 Å². The molecule has 2 heterocycles. The van der Waals surface area contributed by atoms with Crippen molar-refractivity contribution in [2.24, 2.45) is 5.92 Å². The molecule has 0 unspecified atom stereocenters. The second-order valence-electron chi connectivity index (χ2n) is 6.10. The molecule has 126 valence electrons. The fourth-order valence-electron chi connectivity index (χ4n) is 2.79. The molecule has 0 atom stereocenters. The van der Waals surface area contributed by atoms with E-state index in [2.05, 4.69) is 27.3 Å². The van der Waals surface area contributed by atoms with Gasteiger partial charge in [0.1, 0.15) is 5.75 Å². The molecule has 6 nitrogen and oxygen atoms in total. The zero-order chi connectivity index (χ0) is 16.9. The first-order valence-electron chi connectivity index (χ1n) is 8.20. The van der Waals surface area contributed by atoms with Gasteiger partial charge in [0.15, 0.2) is 11.5 Å². The molecule has 2 aromatic rings. The standard InChI is InChI=1S/C18H22N4O2/c1-13-9-11-22(12-10-13)17-8-7-15(20-21-17)18(23)19-14-5-3-4-6-16(14)24-2/h3-8,13H,9-12H2,1-2H3,(H,19,23). The maximum atomic E-state index is 12.3. The molecule has 1 aromatic carbocycles. The zero-order valence-electron chi connectivity index (χ0n) is 14.0. The molecule has 1 aromatic heterocycles. The molecular formula is C18H22N4O2. The van der Waals surface area contributed by atoms with Crippen LogP contribution >= 0.6 is 0 Å². The van der Waals surface area contributed by atoms with Gasteiger partial charge in [0.05, 0.1) is 12.8 Å². The van der Waals surface area contributed by atoms with Gasteiger partial charge in [-0.1, -0.05) is 19.1 Å². The second-order valence-corrected chi connectivity index (χ2v) is 6.10. The van der Waals surface area contributed by atoms with Crippen molar-refractivity contribution >= 4 is 17.4 Å². The third-order valence-electron chi connectivity index (χ3n) is 4.35. The Morgan fingerprint density at radius 1 is 1.17 bits per heavy atom. The molecule has 6 heteroatoms. The first kappa shape index (κ1) is 16.2. The number of hydrogen-bond acceptors (Lipinski definition) is 5. The molecule has 0 aliphatic carbocycles. The SMILES string of the molecule is COc1ccccc1NC(=O)c1ccc(N2CCC(C)CC2)nn1. The largest absolute Gasteiger partial charge is 0.495 e. The van der Waals surface area contributed by atoms with Crippen molar-refractivity contribution in [3.05, 3.63) is 42.1 Å². The van der Waals surface area contributed by atoms with Gasteiger partial charge >= 0.3 is 0 Å². The molecule has 1 saturated heterocycles. The first-order chi connectivity index (χ1) is 11.7. The van der Waals surface area contributed by atoms with Crippen LogP contribution in [-0.4, -0.2) is 36.3 Å². The number of ether oxygens (including phenoxy) is 1. The van der Waals surface area contributed by atoms with E-state index in [1.165, 1.54) is 0 Å². The highest BCUT2D eigenvalue weighted by Gasteiger charge is 2.18. The topological polar surface area (TPSA) is 67.3 Å². The van der Waals surface area contributed by atoms with Crippen molar-refractivity contribution in [3.63, 3.8) is 0 Å². The van der Waals surface area contributed by atoms with E-state index in [4.69, 9.17) is 4.74 Å². The Labute approximate surface area is 141 Å². The molecule has 24 heavy (non-hydrogen) atoms. The number of nitrogens with one attached hydrogen (secondary N) is 1. The van der Waals surface area contributed by atoms with Crippen molar-refractivity contribution < 1.29 is 9.53 Å². The van der Waals surface area contributed by atoms with Crippen molar-refractivity contribution in [1.29, 1.82) is 0 Å². The van der Waals surface area contributed by atoms with Gasteiger partial charge < -0.3 is 15.0 Å². The predicted octanol–water partition coefficient (Wildman–Crippen LogP) is 2.97. The molecule has 1 N–H and O–H groups in total. The van der Waals surface area contributed by atoms with E-state index in [1.54, 1.807) is 25.3 Å². The first-order valence-corrected chi connectivity index (χ1v) is 8.20. The van der Waals surface area contributed by atoms with Crippen LogP contribution in [0.3, 0.4) is 0 Å². The molecule has 1 aliphatic rings. The third-order valence-corrected chi connectivity index (χ3v) is 4.35. The van der Waals surface area contributed by atoms with E-state index in [-0.39, 0.29) is 11.6 Å². The van der Waals surface area contributed by atoms with Gasteiger partial charge in [-0.3, -0.25) is 4.79 Å². The summed E-state index contributed by atoms with van der Waals surface area (Å²) in [5.74, 6) is 1.90. The summed E-state index contributed by atoms with van der Waals surface area (Å²) in [5, 5.41) is 11.1. The van der Waals surface area contributed by atoms with Crippen molar-refractivity contribution in [3.8, 4) is 5.75 Å². The van der Waals surface area contributed by atoms with Crippen LogP contribution < -0.4 is 15.0 Å². The number of carbonyl (C=O) groups excluding carboxylic acids is 1. The molecule has 3 rings (SSSR count). The summed E-state index contributed by atoms with van der Waals surface area (Å²) in [7, 11) is 1.57. The number of amides is 1. The Morgan fingerprint density at radius 3 is 2.58 bits per heavy atom. The minimum absolute atomic E-state index is 0.287. The van der Waals surface area contributed by atoms with Crippen LogP contribution in [0.15, 0.2) is 36.4 Å². The lowest BCUT2D eigenvalue weighted by Gasteiger charge is -2.30. The molecule has 0 radical (unpaired) electrons. The van der Waals surface area contributed by atoms with Crippen LogP contribution in [0.25, 0.3) is 0 Å². The van der Waals surface area contributed by atoms with Crippen LogP contribution in [0.2, 0.25) is 0 Å². The van der Waals surface area contributed by atoms with Crippen LogP contribution in [0, 0.1) is 5.92 Å². The van der Waals surface area contributed by atoms with Gasteiger partial charge in [0.2, 0.25) is 0 Å². The highest BCUT2D eigenvalue weighted by Crippen LogP contribution is 2.24. The summed E-state index contributed by atoms with van der Waals surface area (Å²) in [4.78, 5) is 14.5. The molecule has 1 amide bonds. The maximum absolute atomic E-state index is 12.3. The molecule has 0 saturated carbocycles. The number of anilines is 2. The summed E-state index contributed by atoms with van der Waals surface area (Å²) in [6.07, 6.45) is 2.33. The van der Waals surface area contributed by atoms with Gasteiger partial charge in [-0.2, -0.15) is 0 Å². The summed E-state index contributed by atoms with van der Waals surface area (Å²) >= 11 is 0. The summed E-state index contributed by atoms with van der Waals surface area (Å²) in [6, 6.07) is 10.8. The fraction of sp³-hybridized carbons (Fsp3) is 0.389. The van der Waals surface area contributed by atoms with Crippen molar-refractivity contribution in [2.45, 2.75) is 19.8 Å². The summed E-state index contributed by atoms with van der Waals surface area (Å²) in [6.45, 7) is 4.25. The molecule has 1 fully saturated rings. The van der Waals surface area contributed by atoms with E-state index in [0.29, 0.717) is 11.4 Å². The van der Waals surface area contributed by atoms with Gasteiger partial charge in [0.25, 0.3) is 5.91 Å². The van der Waals surface area contributed by atoms with Gasteiger partial charge in [0, 0.05) is 13.1 Å². The highest BCUT2D eigenvalue weighted by molar-refractivity contribution is 6.03. The molecule has 1 aliphatic heterocycles. The number of nitrogens with zero attached hydrogens (tertiary/aromatic N) is 3. The minimum Gasteiger partial charge on any atom is -0.495 e. The molecule has 0 bridgehead atoms. The summed E-state index contributed by atoms with van der Waals surface area (Å²) < 4.78 is 5.23. The maximum Gasteiger partial charge on any atom is 0.276 e. The lowest BCUT2D eigenvalue weighted by Crippen LogP contribution is -2.33. The van der Waals surface area contributed by atoms with Crippen LogP contribution in [0.1, 0.15) is 30.3 Å². The number of aromatic nitrogens is 2. The number of hydrogen-bond donors (Lipinski definition) is 1. The average Bonchev–Trinajstić information content (AvgIpc) is 2.63. The lowest BCUT2D eigenvalue weighted by molar-refractivity contribution is 0.102. The molecule has 0 spiro atoms. The Morgan fingerprint density at radius 2 is 1.92 bits per heavy atom. The van der Waals surface area contributed by atoms with E-state index in [0.717, 1.165) is 37.7 Å². The Kier molecular flexibility index (Phi) is 4.93. The minimum atomic E-state index is -0.300. The number of carbonyl (C=O) groups is 1.